The van der Waals surface area contributed by atoms with E-state index in [1.165, 1.54) is 0 Å². The van der Waals surface area contributed by atoms with Gasteiger partial charge in [-0.3, -0.25) is 4.79 Å². The fourth-order valence-electron chi connectivity index (χ4n) is 1.87. The van der Waals surface area contributed by atoms with Gasteiger partial charge < -0.3 is 15.2 Å². The Morgan fingerprint density at radius 1 is 1.54 bits per heavy atom. The number of carbonyl (C=O) groups excluding carboxylic acids is 1. The topological polar surface area (TPSA) is 61.5 Å². The van der Waals surface area contributed by atoms with Gasteiger partial charge in [0.1, 0.15) is 5.92 Å². The highest BCUT2D eigenvalue weighted by atomic mass is 16.5. The second-order valence-electron chi connectivity index (χ2n) is 3.31. The summed E-state index contributed by atoms with van der Waals surface area (Å²) in [6.07, 6.45) is 3.53. The van der Waals surface area contributed by atoms with Crippen molar-refractivity contribution in [1.29, 1.82) is 0 Å². The zero-order valence-corrected chi connectivity index (χ0v) is 7.47. The molecule has 2 rings (SSSR count). The molecule has 2 N–H and O–H groups in total. The summed E-state index contributed by atoms with van der Waals surface area (Å²) < 4.78 is 10.3. The predicted molar refractivity (Wildman–Crippen MR) is 45.9 cm³/mol. The van der Waals surface area contributed by atoms with Crippen molar-refractivity contribution in [2.24, 2.45) is 11.7 Å². The summed E-state index contributed by atoms with van der Waals surface area (Å²) in [4.78, 5) is 11.4. The molecule has 4 atom stereocenters. The molecule has 2 heterocycles. The van der Waals surface area contributed by atoms with Crippen molar-refractivity contribution < 1.29 is 14.3 Å². The minimum Gasteiger partial charge on any atom is -0.466 e. The lowest BCUT2D eigenvalue weighted by Gasteiger charge is -2.19. The molecular formula is C9H13NO3. The van der Waals surface area contributed by atoms with Gasteiger partial charge in [-0.25, -0.2) is 0 Å². The van der Waals surface area contributed by atoms with Crippen LogP contribution in [0.25, 0.3) is 0 Å². The van der Waals surface area contributed by atoms with Crippen molar-refractivity contribution >= 4 is 5.97 Å². The minimum atomic E-state index is -0.310. The number of hydrogen-bond acceptors (Lipinski definition) is 4. The van der Waals surface area contributed by atoms with E-state index in [0.29, 0.717) is 6.61 Å². The monoisotopic (exact) mass is 183 g/mol. The highest BCUT2D eigenvalue weighted by molar-refractivity contribution is 5.75. The highest BCUT2D eigenvalue weighted by Gasteiger charge is 2.48. The number of fused-ring (bicyclic) bond motifs is 2. The molecule has 0 aromatic heterocycles. The van der Waals surface area contributed by atoms with Gasteiger partial charge in [-0.05, 0) is 6.92 Å². The maximum atomic E-state index is 11.4. The van der Waals surface area contributed by atoms with Crippen LogP contribution in [-0.2, 0) is 14.3 Å². The molecule has 2 aliphatic heterocycles. The minimum absolute atomic E-state index is 0.0978. The van der Waals surface area contributed by atoms with E-state index in [1.54, 1.807) is 6.92 Å². The van der Waals surface area contributed by atoms with Crippen molar-refractivity contribution in [2.75, 3.05) is 6.61 Å². The lowest BCUT2D eigenvalue weighted by atomic mass is 9.90. The van der Waals surface area contributed by atoms with Crippen molar-refractivity contribution in [1.82, 2.24) is 0 Å². The van der Waals surface area contributed by atoms with E-state index in [0.717, 1.165) is 0 Å². The number of ether oxygens (including phenoxy) is 2. The first-order chi connectivity index (χ1) is 6.24. The fraction of sp³-hybridized carbons (Fsp3) is 0.667. The molecule has 0 aromatic rings. The van der Waals surface area contributed by atoms with Gasteiger partial charge >= 0.3 is 5.97 Å². The summed E-state index contributed by atoms with van der Waals surface area (Å²) in [5.41, 5.74) is 5.82. The number of carbonyl (C=O) groups is 1. The number of hydrogen-bond donors (Lipinski definition) is 1. The lowest BCUT2D eigenvalue weighted by Crippen LogP contribution is -2.42. The molecule has 1 saturated heterocycles. The molecule has 0 unspecified atom stereocenters. The first-order valence-corrected chi connectivity index (χ1v) is 4.50. The van der Waals surface area contributed by atoms with Crippen LogP contribution in [0.2, 0.25) is 0 Å². The molecule has 1 fully saturated rings. The quantitative estimate of drug-likeness (QED) is 0.477. The average Bonchev–Trinajstić information content (AvgIpc) is 2.63. The molecule has 2 bridgehead atoms. The van der Waals surface area contributed by atoms with Crippen LogP contribution < -0.4 is 5.73 Å². The van der Waals surface area contributed by atoms with Crippen LogP contribution in [0.1, 0.15) is 6.92 Å². The maximum Gasteiger partial charge on any atom is 0.313 e. The zero-order chi connectivity index (χ0) is 9.42. The van der Waals surface area contributed by atoms with Gasteiger partial charge in [-0.2, -0.15) is 0 Å². The summed E-state index contributed by atoms with van der Waals surface area (Å²) >= 11 is 0. The van der Waals surface area contributed by atoms with E-state index >= 15 is 0 Å². The Labute approximate surface area is 76.7 Å². The summed E-state index contributed by atoms with van der Waals surface area (Å²) in [6.45, 7) is 2.18. The summed E-state index contributed by atoms with van der Waals surface area (Å²) in [7, 11) is 0. The van der Waals surface area contributed by atoms with Gasteiger partial charge in [0, 0.05) is 0 Å². The molecule has 0 amide bonds. The molecule has 0 radical (unpaired) electrons. The smallest absolute Gasteiger partial charge is 0.313 e. The van der Waals surface area contributed by atoms with Crippen LogP contribution in [0.5, 0.6) is 0 Å². The van der Waals surface area contributed by atoms with Crippen molar-refractivity contribution in [3.05, 3.63) is 12.2 Å². The molecule has 4 heteroatoms. The van der Waals surface area contributed by atoms with Crippen LogP contribution >= 0.6 is 0 Å². The Kier molecular flexibility index (Phi) is 2.09. The Balaban J connectivity index is 2.08. The van der Waals surface area contributed by atoms with Gasteiger partial charge in [0.05, 0.1) is 24.9 Å². The summed E-state index contributed by atoms with van der Waals surface area (Å²) in [5.74, 6) is -0.554. The van der Waals surface area contributed by atoms with E-state index in [-0.39, 0.29) is 30.1 Å². The Morgan fingerprint density at radius 3 is 2.77 bits per heavy atom. The normalized spacial score (nSPS) is 41.1. The molecule has 0 saturated carbocycles. The lowest BCUT2D eigenvalue weighted by molar-refractivity contribution is -0.149. The number of nitrogens with two attached hydrogens (primary N) is 1. The molecule has 0 aliphatic carbocycles. The van der Waals surface area contributed by atoms with Crippen LogP contribution in [0.4, 0.5) is 0 Å². The maximum absolute atomic E-state index is 11.4. The molecule has 0 aromatic carbocycles. The van der Waals surface area contributed by atoms with Crippen LogP contribution in [0.3, 0.4) is 0 Å². The fourth-order valence-corrected chi connectivity index (χ4v) is 1.87. The summed E-state index contributed by atoms with van der Waals surface area (Å²) in [6, 6.07) is -0.242. The second kappa shape index (κ2) is 3.12. The molecular weight excluding hydrogens is 170 g/mol. The first kappa shape index (κ1) is 8.72. The predicted octanol–water partition coefficient (Wildman–Crippen LogP) is -0.170. The third-order valence-corrected chi connectivity index (χ3v) is 2.51. The van der Waals surface area contributed by atoms with Gasteiger partial charge in [0.25, 0.3) is 0 Å². The van der Waals surface area contributed by atoms with Crippen LogP contribution in [-0.4, -0.2) is 30.8 Å². The summed E-state index contributed by atoms with van der Waals surface area (Å²) in [5, 5.41) is 0. The largest absolute Gasteiger partial charge is 0.466 e. The standard InChI is InChI=1S/C9H13NO3/c1-2-12-9(11)7-5-3-4-6(13-5)8(7)10/h3-8H,2,10H2,1H3/t5-,6+,7-,8-/m1/s1. The second-order valence-corrected chi connectivity index (χ2v) is 3.31. The molecule has 72 valence electrons. The van der Waals surface area contributed by atoms with Gasteiger partial charge in [0.15, 0.2) is 0 Å². The highest BCUT2D eigenvalue weighted by Crippen LogP contribution is 2.33. The van der Waals surface area contributed by atoms with E-state index in [1.807, 2.05) is 12.2 Å². The van der Waals surface area contributed by atoms with Crippen LogP contribution in [0.15, 0.2) is 12.2 Å². The van der Waals surface area contributed by atoms with E-state index in [9.17, 15) is 4.79 Å². The van der Waals surface area contributed by atoms with E-state index in [2.05, 4.69) is 0 Å². The van der Waals surface area contributed by atoms with Crippen molar-refractivity contribution in [3.63, 3.8) is 0 Å². The van der Waals surface area contributed by atoms with Gasteiger partial charge in [-0.1, -0.05) is 12.2 Å². The Bertz CT molecular complexity index is 251. The van der Waals surface area contributed by atoms with Crippen LogP contribution in [0, 0.1) is 5.92 Å². The van der Waals surface area contributed by atoms with E-state index in [4.69, 9.17) is 15.2 Å². The molecule has 13 heavy (non-hydrogen) atoms. The average molecular weight is 183 g/mol. The van der Waals surface area contributed by atoms with Crippen molar-refractivity contribution in [2.45, 2.75) is 25.2 Å². The Morgan fingerprint density at radius 2 is 2.23 bits per heavy atom. The SMILES string of the molecule is CCOC(=O)[C@H]1[C@H](N)[C@@H]2C=C[C@H]1O2. The molecule has 2 aliphatic rings. The number of rotatable bonds is 2. The van der Waals surface area contributed by atoms with E-state index < -0.39 is 0 Å². The third kappa shape index (κ3) is 1.26. The van der Waals surface area contributed by atoms with Crippen molar-refractivity contribution in [3.8, 4) is 0 Å². The molecule has 4 nitrogen and oxygen atoms in total. The van der Waals surface area contributed by atoms with Gasteiger partial charge in [0.2, 0.25) is 0 Å². The zero-order valence-electron chi connectivity index (χ0n) is 7.47. The third-order valence-electron chi connectivity index (χ3n) is 2.51. The molecule has 0 spiro atoms. The first-order valence-electron chi connectivity index (χ1n) is 4.50. The number of esters is 1. The van der Waals surface area contributed by atoms with Gasteiger partial charge in [-0.15, -0.1) is 0 Å². The Hall–Kier alpha value is -0.870.